The standard InChI is InChI=1S/C45H85NO5S/c1-3-5-7-9-11-13-15-17-19-21-22-23-24-25-27-29-31-33-35-37-39-41-45(48)46-43(42-52(49,50)51)44(47)40-38-36-34-32-30-28-26-20-18-16-14-12-10-8-6-4-2/h15,17,21-22,38,40,43-44,47H,3-14,16,18-20,23-37,39,41-42H2,1-2H3,(H,46,48)(H,49,50,51)/b17-15-,22-21-,40-38+. The highest BCUT2D eigenvalue weighted by Crippen LogP contribution is 2.15. The third-order valence-corrected chi connectivity index (χ3v) is 10.8. The summed E-state index contributed by atoms with van der Waals surface area (Å²) >= 11 is 0. The Morgan fingerprint density at radius 2 is 0.865 bits per heavy atom. The highest BCUT2D eigenvalue weighted by Gasteiger charge is 2.24. The second-order valence-electron chi connectivity index (χ2n) is 15.3. The first-order valence-corrected chi connectivity index (χ1v) is 23.8. The van der Waals surface area contributed by atoms with Crippen LogP contribution < -0.4 is 5.32 Å². The van der Waals surface area contributed by atoms with Crippen LogP contribution >= 0.6 is 0 Å². The molecule has 306 valence electrons. The molecule has 1 amide bonds. The summed E-state index contributed by atoms with van der Waals surface area (Å²) in [6.45, 7) is 4.52. The number of amides is 1. The number of carbonyl (C=O) groups is 1. The number of carbonyl (C=O) groups excluding carboxylic acids is 1. The molecule has 2 unspecified atom stereocenters. The summed E-state index contributed by atoms with van der Waals surface area (Å²) in [6, 6.07) is -1.06. The normalized spacial score (nSPS) is 13.5. The quantitative estimate of drug-likeness (QED) is 0.0328. The first-order valence-electron chi connectivity index (χ1n) is 22.2. The van der Waals surface area contributed by atoms with Gasteiger partial charge >= 0.3 is 0 Å². The van der Waals surface area contributed by atoms with E-state index in [9.17, 15) is 22.9 Å². The molecule has 0 aromatic carbocycles. The molecule has 0 radical (unpaired) electrons. The smallest absolute Gasteiger partial charge is 0.267 e. The van der Waals surface area contributed by atoms with E-state index in [1.54, 1.807) is 6.08 Å². The van der Waals surface area contributed by atoms with E-state index < -0.39 is 28.0 Å². The van der Waals surface area contributed by atoms with E-state index in [0.29, 0.717) is 6.42 Å². The zero-order chi connectivity index (χ0) is 38.2. The van der Waals surface area contributed by atoms with Crippen LogP contribution in [0.3, 0.4) is 0 Å². The van der Waals surface area contributed by atoms with Crippen molar-refractivity contribution in [2.45, 2.75) is 238 Å². The molecule has 0 bridgehead atoms. The van der Waals surface area contributed by atoms with Crippen molar-refractivity contribution in [2.24, 2.45) is 0 Å². The van der Waals surface area contributed by atoms with Gasteiger partial charge in [-0.3, -0.25) is 9.35 Å². The Morgan fingerprint density at radius 3 is 1.25 bits per heavy atom. The second kappa shape index (κ2) is 39.3. The lowest BCUT2D eigenvalue weighted by Gasteiger charge is -2.21. The van der Waals surface area contributed by atoms with Gasteiger partial charge in [-0.15, -0.1) is 0 Å². The molecule has 0 spiro atoms. The van der Waals surface area contributed by atoms with Crippen LogP contribution in [0.2, 0.25) is 0 Å². The van der Waals surface area contributed by atoms with Crippen molar-refractivity contribution in [3.63, 3.8) is 0 Å². The zero-order valence-electron chi connectivity index (χ0n) is 34.2. The van der Waals surface area contributed by atoms with E-state index in [1.807, 2.05) is 6.08 Å². The average Bonchev–Trinajstić information content (AvgIpc) is 3.11. The zero-order valence-corrected chi connectivity index (χ0v) is 35.0. The van der Waals surface area contributed by atoms with Crippen LogP contribution in [-0.4, -0.2) is 41.9 Å². The third kappa shape index (κ3) is 39.8. The molecule has 6 nitrogen and oxygen atoms in total. The third-order valence-electron chi connectivity index (χ3n) is 10.1. The monoisotopic (exact) mass is 752 g/mol. The molecular weight excluding hydrogens is 667 g/mol. The highest BCUT2D eigenvalue weighted by molar-refractivity contribution is 7.85. The topological polar surface area (TPSA) is 104 Å². The Balaban J connectivity index is 3.87. The van der Waals surface area contributed by atoms with Crippen LogP contribution in [0.15, 0.2) is 36.5 Å². The van der Waals surface area contributed by atoms with Gasteiger partial charge in [-0.25, -0.2) is 0 Å². The Bertz CT molecular complexity index is 961. The van der Waals surface area contributed by atoms with Crippen molar-refractivity contribution in [2.75, 3.05) is 5.75 Å². The van der Waals surface area contributed by atoms with Crippen LogP contribution in [0.5, 0.6) is 0 Å². The molecule has 0 aromatic rings. The maximum atomic E-state index is 12.5. The van der Waals surface area contributed by atoms with Crippen LogP contribution in [0.4, 0.5) is 0 Å². The molecule has 0 saturated carbocycles. The van der Waals surface area contributed by atoms with Gasteiger partial charge in [0.05, 0.1) is 17.9 Å². The summed E-state index contributed by atoms with van der Waals surface area (Å²) in [5.74, 6) is -0.980. The number of aliphatic hydroxyl groups excluding tert-OH is 1. The Kier molecular flexibility index (Phi) is 38.2. The van der Waals surface area contributed by atoms with Gasteiger partial charge in [0.25, 0.3) is 10.1 Å². The lowest BCUT2D eigenvalue weighted by molar-refractivity contribution is -0.122. The lowest BCUT2D eigenvalue weighted by atomic mass is 10.0. The SMILES string of the molecule is CCCCCCC/C=C\C/C=C\CCCCCCCCCCCC(=O)NC(CS(=O)(=O)O)C(O)/C=C/CCCCCCCCCCCCCCCC. The minimum Gasteiger partial charge on any atom is -0.387 e. The molecule has 0 heterocycles. The number of nitrogens with one attached hydrogen (secondary N) is 1. The molecule has 0 aliphatic heterocycles. The predicted molar refractivity (Wildman–Crippen MR) is 225 cm³/mol. The van der Waals surface area contributed by atoms with Crippen LogP contribution in [-0.2, 0) is 14.9 Å². The minimum atomic E-state index is -4.34. The molecule has 0 aliphatic rings. The number of unbranched alkanes of at least 4 members (excludes halogenated alkanes) is 28. The van der Waals surface area contributed by atoms with E-state index in [-0.39, 0.29) is 5.91 Å². The number of hydrogen-bond donors (Lipinski definition) is 3. The number of allylic oxidation sites excluding steroid dienone is 5. The van der Waals surface area contributed by atoms with Crippen molar-refractivity contribution >= 4 is 16.0 Å². The van der Waals surface area contributed by atoms with Gasteiger partial charge in [-0.1, -0.05) is 204 Å². The molecule has 2 atom stereocenters. The van der Waals surface area contributed by atoms with Crippen molar-refractivity contribution in [1.29, 1.82) is 0 Å². The van der Waals surface area contributed by atoms with E-state index in [4.69, 9.17) is 0 Å². The number of rotatable bonds is 40. The fourth-order valence-corrected chi connectivity index (χ4v) is 7.45. The Labute approximate surface area is 323 Å². The van der Waals surface area contributed by atoms with Crippen molar-refractivity contribution in [3.05, 3.63) is 36.5 Å². The molecule has 0 aliphatic carbocycles. The largest absolute Gasteiger partial charge is 0.387 e. The molecule has 52 heavy (non-hydrogen) atoms. The van der Waals surface area contributed by atoms with Crippen molar-refractivity contribution in [3.8, 4) is 0 Å². The van der Waals surface area contributed by atoms with Gasteiger partial charge in [-0.05, 0) is 51.4 Å². The fraction of sp³-hybridized carbons (Fsp3) is 0.844. The molecule has 7 heteroatoms. The highest BCUT2D eigenvalue weighted by atomic mass is 32.2. The number of hydrogen-bond acceptors (Lipinski definition) is 4. The van der Waals surface area contributed by atoms with Gasteiger partial charge in [0.2, 0.25) is 5.91 Å². The van der Waals surface area contributed by atoms with Crippen LogP contribution in [0.25, 0.3) is 0 Å². The lowest BCUT2D eigenvalue weighted by Crippen LogP contribution is -2.46. The summed E-state index contributed by atoms with van der Waals surface area (Å²) in [5, 5.41) is 13.3. The molecule has 3 N–H and O–H groups in total. The second-order valence-corrected chi connectivity index (χ2v) is 16.8. The van der Waals surface area contributed by atoms with Gasteiger partial charge < -0.3 is 10.4 Å². The van der Waals surface area contributed by atoms with Gasteiger partial charge in [0, 0.05) is 6.42 Å². The Hall–Kier alpha value is -1.44. The molecule has 0 fully saturated rings. The minimum absolute atomic E-state index is 0.282. The molecular formula is C45H85NO5S. The maximum absolute atomic E-state index is 12.5. The van der Waals surface area contributed by atoms with Gasteiger partial charge in [0.1, 0.15) is 0 Å². The Morgan fingerprint density at radius 1 is 0.519 bits per heavy atom. The predicted octanol–water partition coefficient (Wildman–Crippen LogP) is 13.3. The maximum Gasteiger partial charge on any atom is 0.267 e. The summed E-state index contributed by atoms with van der Waals surface area (Å²) in [7, 11) is -4.34. The van der Waals surface area contributed by atoms with Crippen LogP contribution in [0.1, 0.15) is 226 Å². The van der Waals surface area contributed by atoms with Crippen molar-refractivity contribution in [1.82, 2.24) is 5.32 Å². The van der Waals surface area contributed by atoms with Crippen LogP contribution in [0, 0.1) is 0 Å². The number of aliphatic hydroxyl groups is 1. The average molecular weight is 752 g/mol. The fourth-order valence-electron chi connectivity index (χ4n) is 6.72. The first kappa shape index (κ1) is 50.6. The van der Waals surface area contributed by atoms with Gasteiger partial charge in [-0.2, -0.15) is 8.42 Å². The molecule has 0 rings (SSSR count). The van der Waals surface area contributed by atoms with E-state index in [1.165, 1.54) is 161 Å². The van der Waals surface area contributed by atoms with E-state index >= 15 is 0 Å². The summed E-state index contributed by atoms with van der Waals surface area (Å²) in [4.78, 5) is 12.5. The summed E-state index contributed by atoms with van der Waals surface area (Å²) in [6.07, 6.45) is 51.3. The first-order chi connectivity index (χ1) is 25.3. The van der Waals surface area contributed by atoms with Crippen molar-refractivity contribution < 1.29 is 22.9 Å². The summed E-state index contributed by atoms with van der Waals surface area (Å²) < 4.78 is 32.5. The van der Waals surface area contributed by atoms with E-state index in [0.717, 1.165) is 44.9 Å². The molecule has 0 saturated heterocycles. The van der Waals surface area contributed by atoms with Gasteiger partial charge in [0.15, 0.2) is 0 Å². The van der Waals surface area contributed by atoms with E-state index in [2.05, 4.69) is 43.5 Å². The molecule has 0 aromatic heterocycles. The summed E-state index contributed by atoms with van der Waals surface area (Å²) in [5.41, 5.74) is 0.